The van der Waals surface area contributed by atoms with E-state index in [4.69, 9.17) is 5.26 Å². The quantitative estimate of drug-likeness (QED) is 0.0224. The van der Waals surface area contributed by atoms with Crippen LogP contribution in [0.3, 0.4) is 0 Å². The molecule has 6 rings (SSSR count). The highest BCUT2D eigenvalue weighted by Gasteiger charge is 2.45. The van der Waals surface area contributed by atoms with Crippen molar-refractivity contribution in [2.24, 2.45) is 0 Å². The standard InChI is InChI=1S/C44H49NO6S2/c1-43(2)38(36(22-14-16-30-52-51-50-46)37-27-25-32-18-10-12-20-34(32)41(37)43)23-8-6-5-7-9-24-40-44(3,4)42-35-21-13-11-19-33(35)26-28-39(42)45(40)29-15-17-31-53(47,48)49/h5-13,18-21,23-28,36H,14-17,22,29-31H2,1-4H3,(H-,46,47,48,49)/p+1/b7-5+,8-6+,24-9+,38-23-. The van der Waals surface area contributed by atoms with Crippen molar-refractivity contribution in [2.45, 2.75) is 76.5 Å². The smallest absolute Gasteiger partial charge is 0.264 e. The molecule has 0 saturated carbocycles. The molecule has 0 bridgehead atoms. The molecule has 53 heavy (non-hydrogen) atoms. The summed E-state index contributed by atoms with van der Waals surface area (Å²) in [6.07, 6.45) is 18.9. The summed E-state index contributed by atoms with van der Waals surface area (Å²) >= 11 is 1.11. The van der Waals surface area contributed by atoms with Crippen molar-refractivity contribution in [1.29, 1.82) is 0 Å². The minimum Gasteiger partial charge on any atom is -0.286 e. The second-order valence-electron chi connectivity index (χ2n) is 15.0. The first kappa shape index (κ1) is 38.9. The third-order valence-electron chi connectivity index (χ3n) is 10.9. The summed E-state index contributed by atoms with van der Waals surface area (Å²) in [5.41, 5.74) is 7.39. The van der Waals surface area contributed by atoms with Crippen molar-refractivity contribution in [3.63, 3.8) is 0 Å². The third-order valence-corrected chi connectivity index (χ3v) is 12.3. The van der Waals surface area contributed by atoms with E-state index in [0.29, 0.717) is 25.3 Å². The fourth-order valence-electron chi connectivity index (χ4n) is 8.55. The summed E-state index contributed by atoms with van der Waals surface area (Å²) in [7, 11) is -3.99. The topological polar surface area (TPSA) is 96.1 Å². The maximum absolute atomic E-state index is 11.4. The fraction of sp³-hybridized carbons (Fsp3) is 0.341. The summed E-state index contributed by atoms with van der Waals surface area (Å²) in [4.78, 5) is 0. The number of unbranched alkanes of at least 4 members (excludes halogenated alkanes) is 2. The summed E-state index contributed by atoms with van der Waals surface area (Å²) in [6, 6.07) is 26.0. The molecule has 278 valence electrons. The zero-order valence-corrected chi connectivity index (χ0v) is 32.6. The van der Waals surface area contributed by atoms with Gasteiger partial charge in [-0.05, 0) is 71.8 Å². The van der Waals surface area contributed by atoms with Crippen LogP contribution in [0, 0.1) is 0 Å². The predicted octanol–water partition coefficient (Wildman–Crippen LogP) is 10.9. The van der Waals surface area contributed by atoms with Crippen LogP contribution in [0.4, 0.5) is 5.69 Å². The van der Waals surface area contributed by atoms with Crippen molar-refractivity contribution in [3.8, 4) is 0 Å². The Morgan fingerprint density at radius 3 is 2.15 bits per heavy atom. The average molecular weight is 753 g/mol. The van der Waals surface area contributed by atoms with Crippen molar-refractivity contribution >= 4 is 55.1 Å². The van der Waals surface area contributed by atoms with Gasteiger partial charge in [0.15, 0.2) is 5.71 Å². The maximum Gasteiger partial charge on any atom is 0.264 e. The lowest BCUT2D eigenvalue weighted by atomic mass is 9.78. The Morgan fingerprint density at radius 1 is 0.774 bits per heavy atom. The van der Waals surface area contributed by atoms with Crippen LogP contribution in [-0.2, 0) is 30.3 Å². The molecule has 1 unspecified atom stereocenters. The molecule has 0 amide bonds. The molecule has 1 atom stereocenters. The molecule has 1 aliphatic carbocycles. The zero-order valence-electron chi connectivity index (χ0n) is 31.0. The minimum absolute atomic E-state index is 0.133. The summed E-state index contributed by atoms with van der Waals surface area (Å²) in [5, 5.41) is 17.2. The third kappa shape index (κ3) is 8.46. The molecule has 0 aromatic heterocycles. The number of nitrogens with zero attached hydrogens (tertiary/aromatic N) is 1. The van der Waals surface area contributed by atoms with Crippen LogP contribution in [0.1, 0.15) is 82.4 Å². The van der Waals surface area contributed by atoms with E-state index >= 15 is 0 Å². The van der Waals surface area contributed by atoms with Gasteiger partial charge in [-0.1, -0.05) is 128 Å². The number of rotatable bonds is 16. The van der Waals surface area contributed by atoms with Crippen molar-refractivity contribution in [2.75, 3.05) is 18.1 Å². The molecular weight excluding hydrogens is 703 g/mol. The number of hydrogen-bond acceptors (Lipinski definition) is 6. The molecule has 0 fully saturated rings. The van der Waals surface area contributed by atoms with Crippen molar-refractivity contribution in [1.82, 2.24) is 0 Å². The monoisotopic (exact) mass is 752 g/mol. The maximum atomic E-state index is 11.4. The lowest BCUT2D eigenvalue weighted by Crippen LogP contribution is -2.28. The van der Waals surface area contributed by atoms with Gasteiger partial charge in [-0.2, -0.15) is 13.0 Å². The molecule has 4 aromatic carbocycles. The van der Waals surface area contributed by atoms with E-state index in [0.717, 1.165) is 48.5 Å². The molecule has 9 heteroatoms. The molecule has 7 nitrogen and oxygen atoms in total. The largest absolute Gasteiger partial charge is 0.286 e. The second-order valence-corrected chi connectivity index (χ2v) is 17.3. The van der Waals surface area contributed by atoms with E-state index in [1.54, 1.807) is 0 Å². The van der Waals surface area contributed by atoms with E-state index < -0.39 is 10.1 Å². The number of allylic oxidation sites excluding steroid dienone is 8. The highest BCUT2D eigenvalue weighted by molar-refractivity contribution is 7.94. The molecular formula is C44H50NO6S2+. The van der Waals surface area contributed by atoms with Gasteiger partial charge in [0.1, 0.15) is 6.54 Å². The van der Waals surface area contributed by atoms with Crippen LogP contribution >= 0.6 is 12.0 Å². The van der Waals surface area contributed by atoms with Crippen LogP contribution in [0.25, 0.3) is 21.5 Å². The number of fused-ring (bicyclic) bond motifs is 6. The highest BCUT2D eigenvalue weighted by atomic mass is 32.2. The molecule has 0 radical (unpaired) electrons. The van der Waals surface area contributed by atoms with Crippen LogP contribution in [0.2, 0.25) is 0 Å². The van der Waals surface area contributed by atoms with E-state index in [-0.39, 0.29) is 16.6 Å². The molecule has 1 aliphatic heterocycles. The van der Waals surface area contributed by atoms with E-state index in [1.807, 2.05) is 0 Å². The fourth-order valence-corrected chi connectivity index (χ4v) is 9.56. The van der Waals surface area contributed by atoms with Gasteiger partial charge < -0.3 is 0 Å². The van der Waals surface area contributed by atoms with Crippen LogP contribution in [0.15, 0.2) is 121 Å². The van der Waals surface area contributed by atoms with E-state index in [2.05, 4.69) is 157 Å². The lowest BCUT2D eigenvalue weighted by molar-refractivity contribution is -0.438. The van der Waals surface area contributed by atoms with Gasteiger partial charge in [-0.25, -0.2) is 5.26 Å². The first-order valence-corrected chi connectivity index (χ1v) is 20.9. The Bertz CT molecular complexity index is 2230. The molecule has 2 aliphatic rings. The average Bonchev–Trinajstić information content (AvgIpc) is 3.49. The van der Waals surface area contributed by atoms with Crippen LogP contribution < -0.4 is 0 Å². The Morgan fingerprint density at radius 2 is 1.43 bits per heavy atom. The first-order valence-electron chi connectivity index (χ1n) is 18.4. The molecule has 2 N–H and O–H groups in total. The van der Waals surface area contributed by atoms with Crippen LogP contribution in [0.5, 0.6) is 0 Å². The van der Waals surface area contributed by atoms with Crippen molar-refractivity contribution in [3.05, 3.63) is 138 Å². The minimum atomic E-state index is -3.99. The van der Waals surface area contributed by atoms with Gasteiger partial charge in [0.25, 0.3) is 10.1 Å². The number of benzene rings is 4. The second kappa shape index (κ2) is 16.7. The lowest BCUT2D eigenvalue weighted by Gasteiger charge is -2.25. The molecule has 1 heterocycles. The van der Waals surface area contributed by atoms with Crippen LogP contribution in [-0.4, -0.2) is 46.6 Å². The first-order chi connectivity index (χ1) is 25.4. The van der Waals surface area contributed by atoms with Gasteiger partial charge in [0, 0.05) is 53.3 Å². The Labute approximate surface area is 318 Å². The normalized spacial score (nSPS) is 18.8. The van der Waals surface area contributed by atoms with Crippen molar-refractivity contribution < 1.29 is 32.2 Å². The van der Waals surface area contributed by atoms with Gasteiger partial charge in [0.2, 0.25) is 5.69 Å². The summed E-state index contributed by atoms with van der Waals surface area (Å²) in [6.45, 7) is 9.84. The van der Waals surface area contributed by atoms with E-state index in [9.17, 15) is 13.0 Å². The Balaban J connectivity index is 1.23. The highest BCUT2D eigenvalue weighted by Crippen LogP contribution is 2.54. The summed E-state index contributed by atoms with van der Waals surface area (Å²) in [5.74, 6) is 0.811. The van der Waals surface area contributed by atoms with E-state index in [1.165, 1.54) is 43.8 Å². The predicted molar refractivity (Wildman–Crippen MR) is 219 cm³/mol. The summed E-state index contributed by atoms with van der Waals surface area (Å²) < 4.78 is 38.9. The van der Waals surface area contributed by atoms with Gasteiger partial charge >= 0.3 is 0 Å². The van der Waals surface area contributed by atoms with Gasteiger partial charge in [0.05, 0.1) is 11.2 Å². The Kier molecular flexibility index (Phi) is 12.2. The molecule has 0 saturated heterocycles. The van der Waals surface area contributed by atoms with Gasteiger partial charge in [-0.15, -0.1) is 4.33 Å². The zero-order chi connectivity index (χ0) is 37.6. The molecule has 0 spiro atoms. The Hall–Kier alpha value is -3.83. The molecule has 4 aromatic rings. The van der Waals surface area contributed by atoms with Gasteiger partial charge in [-0.3, -0.25) is 4.55 Å². The SMILES string of the molecule is CC1(C)C(/C=C/C=C/C=C/C=C2/C(CCCCSOOO)c3ccc4ccccc4c3C2(C)C)=[N+](CCCCS(=O)(=O)O)c2ccc3ccccc3c21. The number of hydrogen-bond donors (Lipinski definition) is 2.